The normalized spacial score (nSPS) is 11.9. The lowest BCUT2D eigenvalue weighted by Gasteiger charge is -2.16. The molecule has 0 aliphatic heterocycles. The van der Waals surface area contributed by atoms with E-state index in [1.54, 1.807) is 29.6 Å². The monoisotopic (exact) mass is 300 g/mol. The van der Waals surface area contributed by atoms with Gasteiger partial charge in [0.2, 0.25) is 5.91 Å². The van der Waals surface area contributed by atoms with E-state index in [0.29, 0.717) is 17.3 Å². The van der Waals surface area contributed by atoms with Crippen LogP contribution in [-0.4, -0.2) is 31.0 Å². The highest BCUT2D eigenvalue weighted by Gasteiger charge is 2.18. The fraction of sp³-hybridized carbons (Fsp3) is 0.385. The number of carbonyl (C=O) groups is 2. The van der Waals surface area contributed by atoms with Crippen molar-refractivity contribution in [1.29, 1.82) is 0 Å². The zero-order chi connectivity index (χ0) is 15.0. The van der Waals surface area contributed by atoms with Gasteiger partial charge in [-0.2, -0.15) is 0 Å². The summed E-state index contributed by atoms with van der Waals surface area (Å²) in [5, 5.41) is 15.7. The average molecular weight is 301 g/mol. The van der Waals surface area contributed by atoms with E-state index in [1.165, 1.54) is 0 Å². The number of carboxylic acids is 1. The Labute approximate surface area is 122 Å². The first kappa shape index (κ1) is 16.4. The van der Waals surface area contributed by atoms with E-state index in [-0.39, 0.29) is 12.3 Å². The minimum atomic E-state index is -1.24. The van der Waals surface area contributed by atoms with Crippen molar-refractivity contribution in [2.75, 3.05) is 18.4 Å². The maximum Gasteiger partial charge on any atom is 0.230 e. The molecule has 0 heterocycles. The smallest absolute Gasteiger partial charge is 0.230 e. The number of anilines is 1. The van der Waals surface area contributed by atoms with Crippen molar-refractivity contribution in [2.45, 2.75) is 18.9 Å². The first-order valence-corrected chi connectivity index (χ1v) is 6.79. The van der Waals surface area contributed by atoms with Gasteiger partial charge in [0.15, 0.2) is 0 Å². The third-order valence-electron chi connectivity index (χ3n) is 2.72. The lowest BCUT2D eigenvalue weighted by molar-refractivity contribution is -0.684. The van der Waals surface area contributed by atoms with Gasteiger partial charge in [0.05, 0.1) is 25.5 Å². The molecule has 0 unspecified atom stereocenters. The van der Waals surface area contributed by atoms with Crippen molar-refractivity contribution in [2.24, 2.45) is 0 Å². The van der Waals surface area contributed by atoms with E-state index in [2.05, 4.69) is 11.1 Å². The van der Waals surface area contributed by atoms with Crippen LogP contribution in [0.4, 0.5) is 5.69 Å². The van der Waals surface area contributed by atoms with Crippen molar-refractivity contribution in [3.8, 4) is 0 Å². The van der Waals surface area contributed by atoms with E-state index in [4.69, 9.17) is 11.6 Å². The first-order chi connectivity index (χ1) is 9.52. The van der Waals surface area contributed by atoms with E-state index in [9.17, 15) is 14.7 Å². The number of rotatable bonds is 8. The molecule has 0 aliphatic carbocycles. The summed E-state index contributed by atoms with van der Waals surface area (Å²) in [6.45, 7) is 1.33. The van der Waals surface area contributed by atoms with Crippen LogP contribution < -0.4 is 21.5 Å². The fourth-order valence-corrected chi connectivity index (χ4v) is 1.89. The molecule has 1 amide bonds. The van der Waals surface area contributed by atoms with Gasteiger partial charge in [0.1, 0.15) is 6.04 Å². The molecule has 1 rings (SSSR count). The second-order valence-corrected chi connectivity index (χ2v) is 4.86. The molecule has 0 radical (unpaired) electrons. The van der Waals surface area contributed by atoms with Gasteiger partial charge >= 0.3 is 0 Å². The van der Waals surface area contributed by atoms with E-state index >= 15 is 0 Å². The highest BCUT2D eigenvalue weighted by molar-refractivity contribution is 6.30. The molecule has 0 spiro atoms. The Morgan fingerprint density at radius 1 is 1.45 bits per heavy atom. The second kappa shape index (κ2) is 8.52. The topological polar surface area (TPSA) is 113 Å². The van der Waals surface area contributed by atoms with Crippen LogP contribution in [0.2, 0.25) is 5.02 Å². The van der Waals surface area contributed by atoms with Crippen molar-refractivity contribution >= 4 is 29.2 Å². The Balaban J connectivity index is 2.51. The van der Waals surface area contributed by atoms with Crippen LogP contribution in [0.25, 0.3) is 0 Å². The molecule has 0 aromatic heterocycles. The summed E-state index contributed by atoms with van der Waals surface area (Å²) >= 11 is 5.80. The average Bonchev–Trinajstić information content (AvgIpc) is 2.37. The van der Waals surface area contributed by atoms with Crippen molar-refractivity contribution < 1.29 is 25.7 Å². The maximum atomic E-state index is 11.8. The van der Waals surface area contributed by atoms with Gasteiger partial charge in [0.25, 0.3) is 0 Å². The van der Waals surface area contributed by atoms with Crippen LogP contribution in [0.3, 0.4) is 0 Å². The summed E-state index contributed by atoms with van der Waals surface area (Å²) < 4.78 is 0. The zero-order valence-corrected chi connectivity index (χ0v) is 11.9. The molecule has 6 N–H and O–H groups in total. The van der Waals surface area contributed by atoms with Crippen molar-refractivity contribution in [3.63, 3.8) is 0 Å². The molecule has 0 saturated carbocycles. The number of nitrogens with one attached hydrogen (secondary N) is 1. The lowest BCUT2D eigenvalue weighted by Crippen LogP contribution is -2.93. The highest BCUT2D eigenvalue weighted by Crippen LogP contribution is 2.14. The predicted molar refractivity (Wildman–Crippen MR) is 72.7 cm³/mol. The zero-order valence-electron chi connectivity index (χ0n) is 11.1. The van der Waals surface area contributed by atoms with Crippen LogP contribution in [0.1, 0.15) is 12.8 Å². The Morgan fingerprint density at radius 3 is 2.80 bits per heavy atom. The summed E-state index contributed by atoms with van der Waals surface area (Å²) in [5.41, 5.74) is 4.22. The van der Waals surface area contributed by atoms with Gasteiger partial charge in [-0.15, -0.1) is 0 Å². The van der Waals surface area contributed by atoms with Crippen molar-refractivity contribution in [3.05, 3.63) is 29.3 Å². The number of aliphatic carboxylic acids is 1. The van der Waals surface area contributed by atoms with Crippen molar-refractivity contribution in [1.82, 2.24) is 0 Å². The van der Waals surface area contributed by atoms with Gasteiger partial charge in [-0.3, -0.25) is 4.79 Å². The molecule has 0 fully saturated rings. The summed E-state index contributed by atoms with van der Waals surface area (Å²) in [7, 11) is 0. The minimum Gasteiger partial charge on any atom is -0.544 e. The van der Waals surface area contributed by atoms with Gasteiger partial charge in [0, 0.05) is 17.1 Å². The van der Waals surface area contributed by atoms with Crippen LogP contribution in [0.15, 0.2) is 24.3 Å². The number of halogens is 1. The van der Waals surface area contributed by atoms with Gasteiger partial charge < -0.3 is 26.3 Å². The van der Waals surface area contributed by atoms with E-state index < -0.39 is 12.0 Å². The van der Waals surface area contributed by atoms with E-state index in [1.807, 2.05) is 0 Å². The predicted octanol–water partition coefficient (Wildman–Crippen LogP) is -2.02. The van der Waals surface area contributed by atoms with Gasteiger partial charge in [-0.05, 0) is 18.2 Å². The molecule has 20 heavy (non-hydrogen) atoms. The maximum absolute atomic E-state index is 11.8. The Kier molecular flexibility index (Phi) is 7.00. The number of carbonyl (C=O) groups excluding carboxylic acids is 2. The summed E-state index contributed by atoms with van der Waals surface area (Å²) in [6, 6.07) is 5.78. The van der Waals surface area contributed by atoms with Crippen LogP contribution >= 0.6 is 11.6 Å². The molecule has 0 saturated heterocycles. The lowest BCUT2D eigenvalue weighted by atomic mass is 10.2. The molecule has 110 valence electrons. The summed E-state index contributed by atoms with van der Waals surface area (Å²) in [6.07, 6.45) is 0.645. The highest BCUT2D eigenvalue weighted by atomic mass is 35.5. The fourth-order valence-electron chi connectivity index (χ4n) is 1.70. The van der Waals surface area contributed by atoms with Crippen LogP contribution in [-0.2, 0) is 9.59 Å². The number of hydrogen-bond donors (Lipinski definition) is 3. The molecule has 1 aromatic carbocycles. The number of benzene rings is 1. The SMILES string of the molecule is [NH3+]CCC[NH2+][C@H](CC(=O)Nc1cccc(Cl)c1)C(=O)[O-]. The van der Waals surface area contributed by atoms with Crippen LogP contribution in [0, 0.1) is 0 Å². The molecule has 1 atom stereocenters. The molecule has 6 nitrogen and oxygen atoms in total. The molecule has 0 bridgehead atoms. The third-order valence-corrected chi connectivity index (χ3v) is 2.96. The number of hydrogen-bond acceptors (Lipinski definition) is 3. The largest absolute Gasteiger partial charge is 0.544 e. The van der Waals surface area contributed by atoms with Gasteiger partial charge in [-0.25, -0.2) is 0 Å². The van der Waals surface area contributed by atoms with Crippen LogP contribution in [0.5, 0.6) is 0 Å². The molecule has 7 heteroatoms. The second-order valence-electron chi connectivity index (χ2n) is 4.42. The Hall–Kier alpha value is -1.63. The summed E-state index contributed by atoms with van der Waals surface area (Å²) in [5.74, 6) is -1.62. The first-order valence-electron chi connectivity index (χ1n) is 6.41. The third kappa shape index (κ3) is 6.01. The summed E-state index contributed by atoms with van der Waals surface area (Å²) in [4.78, 5) is 22.8. The molecular formula is C13H19ClN3O3+. The van der Waals surface area contributed by atoms with Gasteiger partial charge in [-0.1, -0.05) is 17.7 Å². The molecule has 1 aromatic rings. The quantitative estimate of drug-likeness (QED) is 0.482. The Morgan fingerprint density at radius 2 is 2.20 bits per heavy atom. The Bertz CT molecular complexity index is 468. The molecule has 0 aliphatic rings. The molecular weight excluding hydrogens is 282 g/mol. The number of nitrogens with two attached hydrogens (primary N) is 1. The minimum absolute atomic E-state index is 0.147. The number of carboxylic acid groups (broad SMARTS) is 1. The number of quaternary nitrogens is 2. The standard InChI is InChI=1S/C13H18ClN3O3/c14-9-3-1-4-10(7-9)17-12(18)8-11(13(19)20)16-6-2-5-15/h1,3-4,7,11,16H,2,5-6,8,15H2,(H,17,18)(H,19,20)/p+1/t11-/m1/s1. The van der Waals surface area contributed by atoms with E-state index in [0.717, 1.165) is 13.0 Å². The number of amides is 1.